The lowest BCUT2D eigenvalue weighted by Gasteiger charge is -2.10. The number of carbonyl (C=O) groups is 1. The second-order valence-corrected chi connectivity index (χ2v) is 8.66. The largest absolute Gasteiger partial charge is 0.463 e. The molecule has 3 aromatic rings. The first-order chi connectivity index (χ1) is 13.4. The van der Waals surface area contributed by atoms with Gasteiger partial charge in [0.15, 0.2) is 0 Å². The van der Waals surface area contributed by atoms with Crippen molar-refractivity contribution in [2.75, 3.05) is 11.0 Å². The number of sulfonamides is 1. The molecular weight excluding hydrogens is 385 g/mol. The van der Waals surface area contributed by atoms with Crippen LogP contribution in [0.3, 0.4) is 0 Å². The van der Waals surface area contributed by atoms with Gasteiger partial charge < -0.3 is 9.15 Å². The molecule has 1 fully saturated rings. The normalized spacial score (nSPS) is 14.2. The molecule has 8 heteroatoms. The van der Waals surface area contributed by atoms with Gasteiger partial charge >= 0.3 is 0 Å². The SMILES string of the molecule is CS(=O)(=O)Nc1cc2oc(-c3ccc(F)cc3)c(COC=O)c2cc1C1CC1. The number of carbonyl (C=O) groups excluding carboxylic acids is 1. The van der Waals surface area contributed by atoms with E-state index in [-0.39, 0.29) is 18.3 Å². The molecule has 0 saturated heterocycles. The highest BCUT2D eigenvalue weighted by atomic mass is 32.2. The molecule has 0 radical (unpaired) electrons. The van der Waals surface area contributed by atoms with Crippen LogP contribution in [-0.2, 0) is 26.2 Å². The molecule has 0 bridgehead atoms. The lowest BCUT2D eigenvalue weighted by Crippen LogP contribution is -2.11. The number of halogens is 1. The molecule has 0 amide bonds. The van der Waals surface area contributed by atoms with Gasteiger partial charge in [0, 0.05) is 22.6 Å². The van der Waals surface area contributed by atoms with Crippen LogP contribution in [0.15, 0.2) is 40.8 Å². The van der Waals surface area contributed by atoms with Crippen molar-refractivity contribution < 1.29 is 26.8 Å². The van der Waals surface area contributed by atoms with Crippen molar-refractivity contribution in [2.45, 2.75) is 25.4 Å². The zero-order chi connectivity index (χ0) is 19.9. The summed E-state index contributed by atoms with van der Waals surface area (Å²) in [6.07, 6.45) is 3.06. The van der Waals surface area contributed by atoms with Crippen molar-refractivity contribution in [3.63, 3.8) is 0 Å². The van der Waals surface area contributed by atoms with Crippen LogP contribution in [0, 0.1) is 5.82 Å². The summed E-state index contributed by atoms with van der Waals surface area (Å²) < 4.78 is 50.3. The van der Waals surface area contributed by atoms with E-state index in [2.05, 4.69) is 4.72 Å². The maximum Gasteiger partial charge on any atom is 0.293 e. The molecule has 146 valence electrons. The third kappa shape index (κ3) is 3.73. The summed E-state index contributed by atoms with van der Waals surface area (Å²) in [5, 5.41) is 0.738. The van der Waals surface area contributed by atoms with Crippen LogP contribution in [0.4, 0.5) is 10.1 Å². The molecular formula is C20H18FNO5S. The number of fused-ring (bicyclic) bond motifs is 1. The second kappa shape index (κ2) is 6.94. The Balaban J connectivity index is 1.91. The molecule has 0 unspecified atom stereocenters. The van der Waals surface area contributed by atoms with E-state index in [1.54, 1.807) is 18.2 Å². The van der Waals surface area contributed by atoms with E-state index in [1.165, 1.54) is 12.1 Å². The van der Waals surface area contributed by atoms with Crippen molar-refractivity contribution in [3.8, 4) is 11.3 Å². The monoisotopic (exact) mass is 403 g/mol. The summed E-state index contributed by atoms with van der Waals surface area (Å²) in [6, 6.07) is 9.34. The molecule has 0 atom stereocenters. The lowest BCUT2D eigenvalue weighted by molar-refractivity contribution is -0.129. The Kier molecular flexibility index (Phi) is 4.58. The van der Waals surface area contributed by atoms with Crippen molar-refractivity contribution >= 4 is 33.2 Å². The first-order valence-electron chi connectivity index (χ1n) is 8.74. The zero-order valence-corrected chi connectivity index (χ0v) is 15.9. The third-order valence-electron chi connectivity index (χ3n) is 4.68. The van der Waals surface area contributed by atoms with Crippen LogP contribution in [0.1, 0.15) is 29.9 Å². The number of anilines is 1. The van der Waals surface area contributed by atoms with Gasteiger partial charge in [-0.05, 0) is 54.7 Å². The van der Waals surface area contributed by atoms with Gasteiger partial charge in [-0.3, -0.25) is 9.52 Å². The van der Waals surface area contributed by atoms with Gasteiger partial charge in [-0.1, -0.05) is 0 Å². The molecule has 0 spiro atoms. The summed E-state index contributed by atoms with van der Waals surface area (Å²) in [5.74, 6) is 0.356. The van der Waals surface area contributed by atoms with Gasteiger partial charge in [0.2, 0.25) is 10.0 Å². The minimum absolute atomic E-state index is 0.00777. The first-order valence-corrected chi connectivity index (χ1v) is 10.6. The summed E-state index contributed by atoms with van der Waals surface area (Å²) >= 11 is 0. The molecule has 1 aliphatic carbocycles. The van der Waals surface area contributed by atoms with Gasteiger partial charge in [0.05, 0.1) is 11.9 Å². The molecule has 0 aliphatic heterocycles. The highest BCUT2D eigenvalue weighted by molar-refractivity contribution is 7.92. The summed E-state index contributed by atoms with van der Waals surface area (Å²) in [5.41, 5.74) is 3.12. The van der Waals surface area contributed by atoms with Crippen LogP contribution in [-0.4, -0.2) is 21.1 Å². The fourth-order valence-corrected chi connectivity index (χ4v) is 3.90. The molecule has 1 N–H and O–H groups in total. The fourth-order valence-electron chi connectivity index (χ4n) is 3.33. The third-order valence-corrected chi connectivity index (χ3v) is 5.27. The molecule has 1 aromatic heterocycles. The van der Waals surface area contributed by atoms with Crippen molar-refractivity contribution in [1.29, 1.82) is 0 Å². The van der Waals surface area contributed by atoms with Crippen LogP contribution in [0.25, 0.3) is 22.3 Å². The van der Waals surface area contributed by atoms with E-state index in [9.17, 15) is 17.6 Å². The molecule has 1 heterocycles. The van der Waals surface area contributed by atoms with Gasteiger partial charge in [0.25, 0.3) is 6.47 Å². The van der Waals surface area contributed by atoms with E-state index in [0.717, 1.165) is 30.0 Å². The first kappa shape index (κ1) is 18.5. The highest BCUT2D eigenvalue weighted by Crippen LogP contribution is 2.46. The van der Waals surface area contributed by atoms with Crippen molar-refractivity contribution in [3.05, 3.63) is 53.3 Å². The Morgan fingerprint density at radius 3 is 2.57 bits per heavy atom. The summed E-state index contributed by atoms with van der Waals surface area (Å²) in [4.78, 5) is 10.7. The molecule has 1 aliphatic rings. The summed E-state index contributed by atoms with van der Waals surface area (Å²) in [6.45, 7) is 0.348. The summed E-state index contributed by atoms with van der Waals surface area (Å²) in [7, 11) is -3.45. The standard InChI is InChI=1S/C20H18FNO5S/c1-28(24,25)22-18-9-19-16(8-15(18)12-2-3-12)17(10-26-11-23)20(27-19)13-4-6-14(21)7-5-13/h4-9,11-12,22H,2-3,10H2,1H3. The Labute approximate surface area is 161 Å². The quantitative estimate of drug-likeness (QED) is 0.599. The van der Waals surface area contributed by atoms with Gasteiger partial charge in [-0.15, -0.1) is 0 Å². The maximum absolute atomic E-state index is 13.3. The van der Waals surface area contributed by atoms with Crippen LogP contribution >= 0.6 is 0 Å². The molecule has 28 heavy (non-hydrogen) atoms. The second-order valence-electron chi connectivity index (χ2n) is 6.91. The Morgan fingerprint density at radius 1 is 1.25 bits per heavy atom. The number of benzene rings is 2. The van der Waals surface area contributed by atoms with Gasteiger partial charge in [-0.25, -0.2) is 12.8 Å². The number of furan rings is 1. The Hall–Kier alpha value is -2.87. The van der Waals surface area contributed by atoms with E-state index >= 15 is 0 Å². The van der Waals surface area contributed by atoms with Gasteiger partial charge in [0.1, 0.15) is 23.8 Å². The van der Waals surface area contributed by atoms with E-state index < -0.39 is 10.0 Å². The average molecular weight is 403 g/mol. The Morgan fingerprint density at radius 2 is 1.96 bits per heavy atom. The Bertz CT molecular complexity index is 1150. The van der Waals surface area contributed by atoms with E-state index in [4.69, 9.17) is 9.15 Å². The van der Waals surface area contributed by atoms with Crippen LogP contribution in [0.2, 0.25) is 0 Å². The van der Waals surface area contributed by atoms with Gasteiger partial charge in [-0.2, -0.15) is 0 Å². The predicted octanol–water partition coefficient (Wildman–Crippen LogP) is 4.16. The molecule has 2 aromatic carbocycles. The number of ether oxygens (including phenoxy) is 1. The average Bonchev–Trinajstić information content (AvgIpc) is 3.41. The smallest absolute Gasteiger partial charge is 0.293 e. The molecule has 1 saturated carbocycles. The number of hydrogen-bond donors (Lipinski definition) is 1. The van der Waals surface area contributed by atoms with E-state index in [0.29, 0.717) is 34.6 Å². The lowest BCUT2D eigenvalue weighted by atomic mass is 10.0. The van der Waals surface area contributed by atoms with Crippen molar-refractivity contribution in [1.82, 2.24) is 0 Å². The highest BCUT2D eigenvalue weighted by Gasteiger charge is 2.29. The minimum Gasteiger partial charge on any atom is -0.463 e. The zero-order valence-electron chi connectivity index (χ0n) is 15.1. The topological polar surface area (TPSA) is 85.6 Å². The molecule has 4 rings (SSSR count). The fraction of sp³-hybridized carbons (Fsp3) is 0.250. The molecule has 6 nitrogen and oxygen atoms in total. The van der Waals surface area contributed by atoms with Crippen LogP contribution in [0.5, 0.6) is 0 Å². The minimum atomic E-state index is -3.45. The maximum atomic E-state index is 13.3. The van der Waals surface area contributed by atoms with Crippen LogP contribution < -0.4 is 4.72 Å². The number of nitrogens with one attached hydrogen (secondary N) is 1. The van der Waals surface area contributed by atoms with E-state index in [1.807, 2.05) is 6.07 Å². The van der Waals surface area contributed by atoms with Crippen molar-refractivity contribution in [2.24, 2.45) is 0 Å². The number of rotatable bonds is 7. The predicted molar refractivity (Wildman–Crippen MR) is 103 cm³/mol. The number of hydrogen-bond acceptors (Lipinski definition) is 5.